The van der Waals surface area contributed by atoms with Gasteiger partial charge in [0.1, 0.15) is 0 Å². The maximum absolute atomic E-state index is 10.2. The van der Waals surface area contributed by atoms with Gasteiger partial charge >= 0.3 is 0 Å². The van der Waals surface area contributed by atoms with Gasteiger partial charge < -0.3 is 5.11 Å². The molecule has 0 bridgehead atoms. The molecule has 0 amide bonds. The number of thioether (sulfide) groups is 2. The second-order valence-corrected chi connectivity index (χ2v) is 8.15. The van der Waals surface area contributed by atoms with Gasteiger partial charge in [0, 0.05) is 21.5 Å². The molecule has 0 spiro atoms. The van der Waals surface area contributed by atoms with Crippen molar-refractivity contribution in [3.63, 3.8) is 0 Å². The average Bonchev–Trinajstić information content (AvgIpc) is 2.22. The topological polar surface area (TPSA) is 20.2 Å². The lowest BCUT2D eigenvalue weighted by Crippen LogP contribution is -2.35. The molecule has 0 saturated carbocycles. The minimum Gasteiger partial charge on any atom is -0.392 e. The molecule has 0 radical (unpaired) electrons. The Morgan fingerprint density at radius 3 is 2.56 bits per heavy atom. The van der Waals surface area contributed by atoms with Crippen molar-refractivity contribution < 1.29 is 5.11 Å². The van der Waals surface area contributed by atoms with E-state index in [1.54, 1.807) is 0 Å². The van der Waals surface area contributed by atoms with Gasteiger partial charge in [0.25, 0.3) is 0 Å². The molecular weight excluding hydrogens is 236 g/mol. The van der Waals surface area contributed by atoms with Gasteiger partial charge in [0.2, 0.25) is 0 Å². The van der Waals surface area contributed by atoms with E-state index in [-0.39, 0.29) is 6.10 Å². The molecule has 0 aromatic rings. The highest BCUT2D eigenvalue weighted by atomic mass is 32.2. The molecule has 96 valence electrons. The monoisotopic (exact) mass is 262 g/mol. The molecule has 1 aliphatic heterocycles. The maximum Gasteiger partial charge on any atom is 0.0669 e. The highest BCUT2D eigenvalue weighted by Crippen LogP contribution is 2.38. The summed E-state index contributed by atoms with van der Waals surface area (Å²) in [5.41, 5.74) is 0. The fourth-order valence-corrected chi connectivity index (χ4v) is 5.21. The molecular formula is C13H26OS2. The molecule has 3 heteroatoms. The SMILES string of the molecule is CCCC(C)CC(O)C1CSC(C)C(C)S1. The third-order valence-corrected chi connectivity index (χ3v) is 6.97. The van der Waals surface area contributed by atoms with Crippen LogP contribution in [0.4, 0.5) is 0 Å². The van der Waals surface area contributed by atoms with E-state index < -0.39 is 0 Å². The molecule has 1 fully saturated rings. The molecule has 5 unspecified atom stereocenters. The summed E-state index contributed by atoms with van der Waals surface area (Å²) in [7, 11) is 0. The molecule has 0 aromatic heterocycles. The van der Waals surface area contributed by atoms with Gasteiger partial charge in [-0.2, -0.15) is 23.5 Å². The zero-order valence-electron chi connectivity index (χ0n) is 11.0. The zero-order valence-corrected chi connectivity index (χ0v) is 12.6. The van der Waals surface area contributed by atoms with E-state index >= 15 is 0 Å². The Hall–Kier alpha value is 0.660. The van der Waals surface area contributed by atoms with E-state index in [9.17, 15) is 5.11 Å². The van der Waals surface area contributed by atoms with Crippen LogP contribution in [0.1, 0.15) is 47.0 Å². The first kappa shape index (κ1) is 14.7. The van der Waals surface area contributed by atoms with Crippen LogP contribution in [0.25, 0.3) is 0 Å². The Morgan fingerprint density at radius 1 is 1.31 bits per heavy atom. The Morgan fingerprint density at radius 2 is 2.00 bits per heavy atom. The predicted molar refractivity (Wildman–Crippen MR) is 77.5 cm³/mol. The normalized spacial score (nSPS) is 34.7. The van der Waals surface area contributed by atoms with Crippen molar-refractivity contribution in [2.45, 2.75) is 68.8 Å². The molecule has 1 saturated heterocycles. The average molecular weight is 262 g/mol. The van der Waals surface area contributed by atoms with Crippen LogP contribution >= 0.6 is 23.5 Å². The van der Waals surface area contributed by atoms with Gasteiger partial charge in [-0.1, -0.05) is 40.5 Å². The lowest BCUT2D eigenvalue weighted by molar-refractivity contribution is 0.145. The Kier molecular flexibility index (Phi) is 6.60. The van der Waals surface area contributed by atoms with Crippen molar-refractivity contribution in [2.75, 3.05) is 5.75 Å². The Labute approximate surface area is 109 Å². The van der Waals surface area contributed by atoms with Crippen LogP contribution in [0.3, 0.4) is 0 Å². The lowest BCUT2D eigenvalue weighted by atomic mass is 9.97. The van der Waals surface area contributed by atoms with Gasteiger partial charge in [-0.05, 0) is 12.3 Å². The zero-order chi connectivity index (χ0) is 12.1. The van der Waals surface area contributed by atoms with Crippen molar-refractivity contribution in [2.24, 2.45) is 5.92 Å². The predicted octanol–water partition coefficient (Wildman–Crippen LogP) is 3.80. The van der Waals surface area contributed by atoms with Gasteiger partial charge in [0.15, 0.2) is 0 Å². The fraction of sp³-hybridized carbons (Fsp3) is 1.00. The summed E-state index contributed by atoms with van der Waals surface area (Å²) in [6.45, 7) is 9.07. The molecule has 0 aliphatic carbocycles. The van der Waals surface area contributed by atoms with Crippen LogP contribution in [-0.2, 0) is 0 Å². The number of aliphatic hydroxyl groups is 1. The number of hydrogen-bond donors (Lipinski definition) is 1. The van der Waals surface area contributed by atoms with E-state index in [0.717, 1.165) is 17.4 Å². The van der Waals surface area contributed by atoms with Gasteiger partial charge in [-0.25, -0.2) is 0 Å². The van der Waals surface area contributed by atoms with E-state index in [1.807, 2.05) is 23.5 Å². The second kappa shape index (κ2) is 7.17. The molecule has 16 heavy (non-hydrogen) atoms. The maximum atomic E-state index is 10.2. The molecule has 1 aliphatic rings. The van der Waals surface area contributed by atoms with E-state index in [2.05, 4.69) is 27.7 Å². The van der Waals surface area contributed by atoms with Crippen LogP contribution in [0.2, 0.25) is 0 Å². The first-order chi connectivity index (χ1) is 7.54. The molecule has 1 nitrogen and oxygen atoms in total. The third kappa shape index (κ3) is 4.50. The number of hydrogen-bond acceptors (Lipinski definition) is 3. The quantitative estimate of drug-likeness (QED) is 0.814. The largest absolute Gasteiger partial charge is 0.392 e. The minimum atomic E-state index is -0.103. The molecule has 1 N–H and O–H groups in total. The third-order valence-electron chi connectivity index (χ3n) is 3.43. The summed E-state index contributed by atoms with van der Waals surface area (Å²) in [5, 5.41) is 12.1. The molecule has 1 heterocycles. The van der Waals surface area contributed by atoms with E-state index in [1.165, 1.54) is 12.8 Å². The van der Waals surface area contributed by atoms with Gasteiger partial charge in [-0.3, -0.25) is 0 Å². The minimum absolute atomic E-state index is 0.103. The van der Waals surface area contributed by atoms with Crippen LogP contribution in [0.5, 0.6) is 0 Å². The number of rotatable bonds is 5. The summed E-state index contributed by atoms with van der Waals surface area (Å²) in [4.78, 5) is 0. The van der Waals surface area contributed by atoms with Gasteiger partial charge in [-0.15, -0.1) is 0 Å². The van der Waals surface area contributed by atoms with Gasteiger partial charge in [0.05, 0.1) is 6.10 Å². The molecule has 0 aromatic carbocycles. The molecule has 5 atom stereocenters. The summed E-state index contributed by atoms with van der Waals surface area (Å²) < 4.78 is 0. The van der Waals surface area contributed by atoms with Crippen LogP contribution in [0.15, 0.2) is 0 Å². The van der Waals surface area contributed by atoms with Crippen LogP contribution < -0.4 is 0 Å². The first-order valence-electron chi connectivity index (χ1n) is 6.49. The standard InChI is InChI=1S/C13H26OS2/c1-5-6-9(2)7-12(14)13-8-15-10(3)11(4)16-13/h9-14H,5-8H2,1-4H3. The summed E-state index contributed by atoms with van der Waals surface area (Å²) >= 11 is 4.01. The van der Waals surface area contributed by atoms with Crippen LogP contribution in [0, 0.1) is 5.92 Å². The lowest BCUT2D eigenvalue weighted by Gasteiger charge is -2.34. The smallest absolute Gasteiger partial charge is 0.0669 e. The number of aliphatic hydroxyl groups excluding tert-OH is 1. The van der Waals surface area contributed by atoms with Crippen molar-refractivity contribution in [3.05, 3.63) is 0 Å². The fourth-order valence-electron chi connectivity index (χ4n) is 2.18. The van der Waals surface area contributed by atoms with Crippen molar-refractivity contribution in [3.8, 4) is 0 Å². The Balaban J connectivity index is 2.33. The summed E-state index contributed by atoms with van der Waals surface area (Å²) in [6, 6.07) is 0. The second-order valence-electron chi connectivity index (χ2n) is 5.12. The van der Waals surface area contributed by atoms with Crippen molar-refractivity contribution in [1.29, 1.82) is 0 Å². The first-order valence-corrected chi connectivity index (χ1v) is 8.48. The van der Waals surface area contributed by atoms with Crippen molar-refractivity contribution in [1.82, 2.24) is 0 Å². The highest BCUT2D eigenvalue weighted by molar-refractivity contribution is 8.07. The van der Waals surface area contributed by atoms with E-state index in [0.29, 0.717) is 16.4 Å². The highest BCUT2D eigenvalue weighted by Gasteiger charge is 2.30. The van der Waals surface area contributed by atoms with Crippen molar-refractivity contribution >= 4 is 23.5 Å². The summed E-state index contributed by atoms with van der Waals surface area (Å²) in [5.74, 6) is 1.79. The van der Waals surface area contributed by atoms with E-state index in [4.69, 9.17) is 0 Å². The molecule has 1 rings (SSSR count). The van der Waals surface area contributed by atoms with Crippen LogP contribution in [-0.4, -0.2) is 32.7 Å². The Bertz CT molecular complexity index is 198. The summed E-state index contributed by atoms with van der Waals surface area (Å²) in [6.07, 6.45) is 3.35.